The van der Waals surface area contributed by atoms with Gasteiger partial charge >= 0.3 is 0 Å². The van der Waals surface area contributed by atoms with Gasteiger partial charge in [0.1, 0.15) is 0 Å². The average Bonchev–Trinajstić information content (AvgIpc) is 2.84. The molecular weight excluding hydrogens is 322 g/mol. The van der Waals surface area contributed by atoms with Crippen molar-refractivity contribution >= 4 is 15.9 Å². The molecule has 1 aromatic heterocycles. The van der Waals surface area contributed by atoms with E-state index in [4.69, 9.17) is 4.52 Å². The average molecular weight is 333 g/mol. The van der Waals surface area contributed by atoms with Gasteiger partial charge in [0.05, 0.1) is 17.0 Å². The van der Waals surface area contributed by atoms with E-state index in [-0.39, 0.29) is 22.6 Å². The van der Waals surface area contributed by atoms with Crippen molar-refractivity contribution in [1.82, 2.24) is 10.1 Å². The van der Waals surface area contributed by atoms with E-state index < -0.39 is 17.7 Å². The Morgan fingerprint density at radius 1 is 1.42 bits per heavy atom. The largest absolute Gasteiger partial charge is 0.393 e. The summed E-state index contributed by atoms with van der Waals surface area (Å²) in [6.07, 6.45) is 0.221. The van der Waals surface area contributed by atoms with E-state index in [2.05, 4.69) is 26.1 Å². The van der Waals surface area contributed by atoms with E-state index in [0.29, 0.717) is 12.0 Å². The quantitative estimate of drug-likeness (QED) is 0.874. The molecule has 102 valence electrons. The molecule has 0 aliphatic heterocycles. The molecule has 1 aromatic carbocycles. The van der Waals surface area contributed by atoms with Crippen LogP contribution in [0.3, 0.4) is 0 Å². The van der Waals surface area contributed by atoms with Crippen molar-refractivity contribution in [2.24, 2.45) is 0 Å². The summed E-state index contributed by atoms with van der Waals surface area (Å²) >= 11 is 2.96. The van der Waals surface area contributed by atoms with E-state index in [9.17, 15) is 13.9 Å². The van der Waals surface area contributed by atoms with E-state index in [1.807, 2.05) is 6.92 Å². The molecule has 0 radical (unpaired) electrons. The van der Waals surface area contributed by atoms with Crippen molar-refractivity contribution in [3.63, 3.8) is 0 Å². The fourth-order valence-corrected chi connectivity index (χ4v) is 1.99. The number of halogens is 3. The first-order valence-electron chi connectivity index (χ1n) is 5.67. The molecule has 0 saturated carbocycles. The molecule has 2 aromatic rings. The second kappa shape index (κ2) is 5.75. The van der Waals surface area contributed by atoms with Gasteiger partial charge in [-0.1, -0.05) is 12.1 Å². The van der Waals surface area contributed by atoms with Crippen LogP contribution in [0, 0.1) is 11.6 Å². The number of aromatic nitrogens is 2. The molecule has 0 saturated heterocycles. The maximum absolute atomic E-state index is 13.4. The third kappa shape index (κ3) is 2.98. The van der Waals surface area contributed by atoms with Gasteiger partial charge in [0, 0.05) is 5.56 Å². The lowest BCUT2D eigenvalue weighted by Crippen LogP contribution is -2.08. The highest BCUT2D eigenvalue weighted by Crippen LogP contribution is 2.30. The van der Waals surface area contributed by atoms with Gasteiger partial charge in [0.2, 0.25) is 11.7 Å². The molecule has 0 amide bonds. The predicted octanol–water partition coefficient (Wildman–Crippen LogP) is 3.09. The zero-order valence-corrected chi connectivity index (χ0v) is 11.6. The zero-order valence-electron chi connectivity index (χ0n) is 10.0. The van der Waals surface area contributed by atoms with Crippen LogP contribution in [0.4, 0.5) is 8.78 Å². The summed E-state index contributed by atoms with van der Waals surface area (Å²) in [6.45, 7) is 1.83. The monoisotopic (exact) mass is 332 g/mol. The molecule has 7 heteroatoms. The minimum Gasteiger partial charge on any atom is -0.393 e. The van der Waals surface area contributed by atoms with E-state index in [0.717, 1.165) is 6.07 Å². The topological polar surface area (TPSA) is 59.2 Å². The fraction of sp³-hybridized carbons (Fsp3) is 0.333. The molecule has 0 aliphatic carbocycles. The lowest BCUT2D eigenvalue weighted by molar-refractivity contribution is 0.158. The number of nitrogens with zero attached hydrogens (tertiary/aromatic N) is 2. The van der Waals surface area contributed by atoms with Crippen LogP contribution in [0.25, 0.3) is 11.4 Å². The van der Waals surface area contributed by atoms with Gasteiger partial charge in [-0.3, -0.25) is 0 Å². The number of hydrogen-bond acceptors (Lipinski definition) is 4. The van der Waals surface area contributed by atoms with Crippen molar-refractivity contribution < 1.29 is 18.4 Å². The van der Waals surface area contributed by atoms with Crippen LogP contribution in [-0.4, -0.2) is 21.4 Å². The molecule has 0 spiro atoms. The normalized spacial score (nSPS) is 12.7. The summed E-state index contributed by atoms with van der Waals surface area (Å²) in [4.78, 5) is 4.04. The SMILES string of the molecule is CCC(O)Cc1nc(-c2ccc(F)c(F)c2Br)no1. The molecule has 0 aliphatic rings. The molecule has 2 rings (SSSR count). The number of hydrogen-bond donors (Lipinski definition) is 1. The van der Waals surface area contributed by atoms with E-state index >= 15 is 0 Å². The van der Waals surface area contributed by atoms with Gasteiger partial charge in [-0.25, -0.2) is 8.78 Å². The Morgan fingerprint density at radius 2 is 2.16 bits per heavy atom. The lowest BCUT2D eigenvalue weighted by atomic mass is 10.2. The lowest BCUT2D eigenvalue weighted by Gasteiger charge is -2.02. The highest BCUT2D eigenvalue weighted by atomic mass is 79.9. The molecule has 1 N–H and O–H groups in total. The van der Waals surface area contributed by atoms with Crippen LogP contribution in [-0.2, 0) is 6.42 Å². The summed E-state index contributed by atoms with van der Waals surface area (Å²) in [7, 11) is 0. The van der Waals surface area contributed by atoms with Crippen LogP contribution in [0.2, 0.25) is 0 Å². The van der Waals surface area contributed by atoms with Crippen molar-refractivity contribution in [3.05, 3.63) is 34.1 Å². The van der Waals surface area contributed by atoms with Gasteiger partial charge in [-0.2, -0.15) is 4.98 Å². The van der Waals surface area contributed by atoms with Crippen LogP contribution in [0.5, 0.6) is 0 Å². The summed E-state index contributed by atoms with van der Waals surface area (Å²) in [5.74, 6) is -1.57. The van der Waals surface area contributed by atoms with Gasteiger partial charge < -0.3 is 9.63 Å². The van der Waals surface area contributed by atoms with E-state index in [1.54, 1.807) is 0 Å². The third-order valence-corrected chi connectivity index (χ3v) is 3.40. The van der Waals surface area contributed by atoms with Gasteiger partial charge in [0.15, 0.2) is 11.6 Å². The van der Waals surface area contributed by atoms with Crippen LogP contribution in [0.1, 0.15) is 19.2 Å². The van der Waals surface area contributed by atoms with Gasteiger partial charge in [-0.15, -0.1) is 0 Å². The van der Waals surface area contributed by atoms with Crippen molar-refractivity contribution in [1.29, 1.82) is 0 Å². The highest BCUT2D eigenvalue weighted by molar-refractivity contribution is 9.10. The molecule has 1 heterocycles. The molecule has 1 atom stereocenters. The summed E-state index contributed by atoms with van der Waals surface area (Å²) in [5, 5.41) is 13.2. The first-order chi connectivity index (χ1) is 9.02. The smallest absolute Gasteiger partial charge is 0.229 e. The van der Waals surface area contributed by atoms with Crippen LogP contribution >= 0.6 is 15.9 Å². The minimum absolute atomic E-state index is 0.0594. The van der Waals surface area contributed by atoms with Crippen molar-refractivity contribution in [2.75, 3.05) is 0 Å². The van der Waals surface area contributed by atoms with Crippen molar-refractivity contribution in [2.45, 2.75) is 25.9 Å². The zero-order chi connectivity index (χ0) is 14.0. The Labute approximate surface area is 116 Å². The Balaban J connectivity index is 2.31. The molecule has 1 unspecified atom stereocenters. The summed E-state index contributed by atoms with van der Waals surface area (Å²) in [6, 6.07) is 2.35. The van der Waals surface area contributed by atoms with Crippen molar-refractivity contribution in [3.8, 4) is 11.4 Å². The summed E-state index contributed by atoms with van der Waals surface area (Å²) < 4.78 is 31.3. The second-order valence-corrected chi connectivity index (χ2v) is 4.79. The first kappa shape index (κ1) is 14.1. The molecule has 19 heavy (non-hydrogen) atoms. The maximum atomic E-state index is 13.4. The number of aliphatic hydroxyl groups excluding tert-OH is 1. The Hall–Kier alpha value is -1.34. The highest BCUT2D eigenvalue weighted by Gasteiger charge is 2.18. The van der Waals surface area contributed by atoms with Crippen LogP contribution < -0.4 is 0 Å². The van der Waals surface area contributed by atoms with Crippen LogP contribution in [0.15, 0.2) is 21.1 Å². The molecule has 4 nitrogen and oxygen atoms in total. The Morgan fingerprint density at radius 3 is 2.84 bits per heavy atom. The number of benzene rings is 1. The molecule has 0 fully saturated rings. The molecular formula is C12H11BrF2N2O2. The van der Waals surface area contributed by atoms with E-state index in [1.165, 1.54) is 6.07 Å². The maximum Gasteiger partial charge on any atom is 0.229 e. The van der Waals surface area contributed by atoms with Gasteiger partial charge in [0.25, 0.3) is 0 Å². The number of rotatable bonds is 4. The third-order valence-electron chi connectivity index (χ3n) is 2.63. The number of aliphatic hydroxyl groups is 1. The predicted molar refractivity (Wildman–Crippen MR) is 67.4 cm³/mol. The fourth-order valence-electron chi connectivity index (χ4n) is 1.49. The Kier molecular flexibility index (Phi) is 4.26. The minimum atomic E-state index is -1.00. The van der Waals surface area contributed by atoms with Gasteiger partial charge in [-0.05, 0) is 34.5 Å². The second-order valence-electron chi connectivity index (χ2n) is 4.00. The standard InChI is InChI=1S/C12H11BrF2N2O2/c1-2-6(18)5-9-16-12(17-19-9)7-3-4-8(14)11(15)10(7)13/h3-4,6,18H,2,5H2,1H3. The Bertz CT molecular complexity index is 589. The summed E-state index contributed by atoms with van der Waals surface area (Å²) in [5.41, 5.74) is 0.292. The first-order valence-corrected chi connectivity index (χ1v) is 6.46. The molecule has 0 bridgehead atoms.